The summed E-state index contributed by atoms with van der Waals surface area (Å²) >= 11 is 1.51. The summed E-state index contributed by atoms with van der Waals surface area (Å²) < 4.78 is 1.80. The molecule has 1 unspecified atom stereocenters. The lowest BCUT2D eigenvalue weighted by Crippen LogP contribution is -2.22. The van der Waals surface area contributed by atoms with Crippen molar-refractivity contribution in [1.29, 1.82) is 0 Å². The summed E-state index contributed by atoms with van der Waals surface area (Å²) in [6, 6.07) is 11.1. The molecule has 0 aliphatic rings. The first-order valence-electron chi connectivity index (χ1n) is 6.39. The van der Waals surface area contributed by atoms with Gasteiger partial charge in [0.15, 0.2) is 5.78 Å². The maximum atomic E-state index is 12.3. The fraction of sp³-hybridized carbons (Fsp3) is 0.200. The third-order valence-corrected chi connectivity index (χ3v) is 4.33. The lowest BCUT2D eigenvalue weighted by Gasteiger charge is -2.07. The number of hydrogen-bond acceptors (Lipinski definition) is 4. The van der Waals surface area contributed by atoms with E-state index in [9.17, 15) is 4.79 Å². The molecule has 0 aliphatic carbocycles. The molecule has 1 atom stereocenters. The van der Waals surface area contributed by atoms with Crippen LogP contribution in [0, 0.1) is 0 Å². The van der Waals surface area contributed by atoms with E-state index in [1.54, 1.807) is 4.68 Å². The first-order chi connectivity index (χ1) is 9.66. The van der Waals surface area contributed by atoms with Crippen LogP contribution in [0.4, 0.5) is 0 Å². The zero-order valence-corrected chi connectivity index (χ0v) is 11.9. The van der Waals surface area contributed by atoms with Crippen molar-refractivity contribution >= 4 is 28.0 Å². The van der Waals surface area contributed by atoms with Gasteiger partial charge in [-0.1, -0.05) is 24.3 Å². The number of benzene rings is 1. The summed E-state index contributed by atoms with van der Waals surface area (Å²) in [4.78, 5) is 13.2. The maximum Gasteiger partial charge on any atom is 0.160 e. The molecular formula is C15H15N3OS. The Balaban J connectivity index is 1.88. The molecule has 2 N–H and O–H groups in total. The average molecular weight is 285 g/mol. The highest BCUT2D eigenvalue weighted by Gasteiger charge is 2.19. The van der Waals surface area contributed by atoms with Gasteiger partial charge in [0.1, 0.15) is 0 Å². The standard InChI is InChI=1S/C15H15N3OS/c1-18-12-6-3-2-5-10(12)11(17-18)9-13(19)15(16)14-7-4-8-20-14/h2-8,15H,9,16H2,1H3. The van der Waals surface area contributed by atoms with Gasteiger partial charge in [-0.3, -0.25) is 9.48 Å². The molecule has 2 aromatic heterocycles. The normalized spacial score (nSPS) is 12.7. The number of thiophene rings is 1. The van der Waals surface area contributed by atoms with Crippen molar-refractivity contribution in [2.24, 2.45) is 12.8 Å². The van der Waals surface area contributed by atoms with E-state index in [1.807, 2.05) is 48.8 Å². The topological polar surface area (TPSA) is 60.9 Å². The van der Waals surface area contributed by atoms with Gasteiger partial charge in [0.2, 0.25) is 0 Å². The van der Waals surface area contributed by atoms with Crippen molar-refractivity contribution in [3.05, 3.63) is 52.3 Å². The molecular weight excluding hydrogens is 270 g/mol. The van der Waals surface area contributed by atoms with Gasteiger partial charge in [0, 0.05) is 17.3 Å². The number of nitrogens with two attached hydrogens (primary N) is 1. The molecule has 0 fully saturated rings. The maximum absolute atomic E-state index is 12.3. The minimum atomic E-state index is -0.559. The van der Waals surface area contributed by atoms with Crippen LogP contribution in [-0.2, 0) is 18.3 Å². The molecule has 0 aliphatic heterocycles. The van der Waals surface area contributed by atoms with Crippen molar-refractivity contribution in [3.63, 3.8) is 0 Å². The van der Waals surface area contributed by atoms with Crippen LogP contribution in [0.5, 0.6) is 0 Å². The van der Waals surface area contributed by atoms with E-state index in [4.69, 9.17) is 5.73 Å². The molecule has 5 heteroatoms. The van der Waals surface area contributed by atoms with Crippen LogP contribution in [-0.4, -0.2) is 15.6 Å². The van der Waals surface area contributed by atoms with Crippen LogP contribution in [0.25, 0.3) is 10.9 Å². The first kappa shape index (κ1) is 13.0. The SMILES string of the molecule is Cn1nc(CC(=O)C(N)c2cccs2)c2ccccc21. The Morgan fingerprint density at radius 1 is 1.35 bits per heavy atom. The van der Waals surface area contributed by atoms with Crippen LogP contribution in [0.3, 0.4) is 0 Å². The van der Waals surface area contributed by atoms with E-state index in [-0.39, 0.29) is 12.2 Å². The van der Waals surface area contributed by atoms with Crippen LogP contribution in [0.15, 0.2) is 41.8 Å². The number of Topliss-reactive ketones (excluding diaryl/α,β-unsaturated/α-hetero) is 1. The zero-order valence-electron chi connectivity index (χ0n) is 11.1. The zero-order chi connectivity index (χ0) is 14.1. The summed E-state index contributed by atoms with van der Waals surface area (Å²) in [6.45, 7) is 0. The highest BCUT2D eigenvalue weighted by molar-refractivity contribution is 7.10. The second kappa shape index (κ2) is 5.19. The fourth-order valence-corrected chi connectivity index (χ4v) is 3.07. The molecule has 0 bridgehead atoms. The van der Waals surface area contributed by atoms with E-state index in [0.717, 1.165) is 21.5 Å². The lowest BCUT2D eigenvalue weighted by molar-refractivity contribution is -0.119. The number of para-hydroxylation sites is 1. The van der Waals surface area contributed by atoms with E-state index in [2.05, 4.69) is 5.10 Å². The monoisotopic (exact) mass is 285 g/mol. The quantitative estimate of drug-likeness (QED) is 0.801. The molecule has 20 heavy (non-hydrogen) atoms. The lowest BCUT2D eigenvalue weighted by atomic mass is 10.0. The Morgan fingerprint density at radius 2 is 2.15 bits per heavy atom. The number of hydrogen-bond donors (Lipinski definition) is 1. The largest absolute Gasteiger partial charge is 0.317 e. The van der Waals surface area contributed by atoms with E-state index < -0.39 is 6.04 Å². The van der Waals surface area contributed by atoms with Gasteiger partial charge < -0.3 is 5.73 Å². The number of carbonyl (C=O) groups excluding carboxylic acids is 1. The molecule has 0 amide bonds. The third kappa shape index (κ3) is 2.26. The molecule has 1 aromatic carbocycles. The van der Waals surface area contributed by atoms with Gasteiger partial charge in [-0.2, -0.15) is 5.10 Å². The number of aromatic nitrogens is 2. The van der Waals surface area contributed by atoms with Crippen LogP contribution in [0.2, 0.25) is 0 Å². The summed E-state index contributed by atoms with van der Waals surface area (Å²) in [5.41, 5.74) is 7.83. The number of nitrogens with zero attached hydrogens (tertiary/aromatic N) is 2. The van der Waals surface area contributed by atoms with Crippen molar-refractivity contribution in [3.8, 4) is 0 Å². The van der Waals surface area contributed by atoms with Gasteiger partial charge in [0.25, 0.3) is 0 Å². The predicted molar refractivity (Wildman–Crippen MR) is 80.7 cm³/mol. The van der Waals surface area contributed by atoms with E-state index in [1.165, 1.54) is 11.3 Å². The molecule has 0 saturated heterocycles. The van der Waals surface area contributed by atoms with Gasteiger partial charge >= 0.3 is 0 Å². The van der Waals surface area contributed by atoms with Crippen molar-refractivity contribution < 1.29 is 4.79 Å². The van der Waals surface area contributed by atoms with E-state index >= 15 is 0 Å². The number of carbonyl (C=O) groups is 1. The second-order valence-corrected chi connectivity index (χ2v) is 5.70. The number of rotatable bonds is 4. The van der Waals surface area contributed by atoms with Crippen molar-refractivity contribution in [2.45, 2.75) is 12.5 Å². The Hall–Kier alpha value is -1.98. The van der Waals surface area contributed by atoms with Gasteiger partial charge in [0.05, 0.1) is 23.7 Å². The number of fused-ring (bicyclic) bond motifs is 1. The highest BCUT2D eigenvalue weighted by Crippen LogP contribution is 2.22. The minimum absolute atomic E-state index is 0.00342. The van der Waals surface area contributed by atoms with Crippen LogP contribution < -0.4 is 5.73 Å². The van der Waals surface area contributed by atoms with Gasteiger partial charge in [-0.15, -0.1) is 11.3 Å². The Kier molecular flexibility index (Phi) is 3.38. The van der Waals surface area contributed by atoms with Gasteiger partial charge in [-0.25, -0.2) is 0 Å². The Morgan fingerprint density at radius 3 is 2.90 bits per heavy atom. The molecule has 0 saturated carbocycles. The molecule has 102 valence electrons. The predicted octanol–water partition coefficient (Wildman–Crippen LogP) is 2.45. The third-order valence-electron chi connectivity index (χ3n) is 3.37. The number of aryl methyl sites for hydroxylation is 1. The fourth-order valence-electron chi connectivity index (χ4n) is 2.32. The summed E-state index contributed by atoms with van der Waals surface area (Å²) in [5, 5.41) is 7.38. The summed E-state index contributed by atoms with van der Waals surface area (Å²) in [5.74, 6) is -0.00342. The molecule has 2 heterocycles. The first-order valence-corrected chi connectivity index (χ1v) is 7.27. The average Bonchev–Trinajstić information content (AvgIpc) is 3.08. The summed E-state index contributed by atoms with van der Waals surface area (Å²) in [6.07, 6.45) is 0.264. The Bertz CT molecular complexity index is 746. The molecule has 0 radical (unpaired) electrons. The molecule has 4 nitrogen and oxygen atoms in total. The molecule has 3 aromatic rings. The van der Waals surface area contributed by atoms with Crippen molar-refractivity contribution in [2.75, 3.05) is 0 Å². The van der Waals surface area contributed by atoms with Crippen LogP contribution >= 0.6 is 11.3 Å². The minimum Gasteiger partial charge on any atom is -0.317 e. The summed E-state index contributed by atoms with van der Waals surface area (Å²) in [7, 11) is 1.88. The molecule has 0 spiro atoms. The Labute approximate surface area is 120 Å². The highest BCUT2D eigenvalue weighted by atomic mass is 32.1. The second-order valence-electron chi connectivity index (χ2n) is 4.72. The molecule has 3 rings (SSSR count). The smallest absolute Gasteiger partial charge is 0.160 e. The van der Waals surface area contributed by atoms with E-state index in [0.29, 0.717) is 0 Å². The number of ketones is 1. The van der Waals surface area contributed by atoms with Crippen molar-refractivity contribution in [1.82, 2.24) is 9.78 Å². The van der Waals surface area contributed by atoms with Crippen LogP contribution in [0.1, 0.15) is 16.6 Å². The van der Waals surface area contributed by atoms with Gasteiger partial charge in [-0.05, 0) is 17.5 Å².